The van der Waals surface area contributed by atoms with Gasteiger partial charge in [0.1, 0.15) is 16.8 Å². The number of hydrogen-bond donors (Lipinski definition) is 0. The first kappa shape index (κ1) is 18.3. The zero-order chi connectivity index (χ0) is 19.4. The molecule has 2 aliphatic heterocycles. The third kappa shape index (κ3) is 2.99. The summed E-state index contributed by atoms with van der Waals surface area (Å²) in [5.74, 6) is 1.53. The second-order valence-corrected chi connectivity index (χ2v) is 9.64. The van der Waals surface area contributed by atoms with E-state index in [0.717, 1.165) is 60.1 Å². The Labute approximate surface area is 168 Å². The van der Waals surface area contributed by atoms with Gasteiger partial charge in [0.25, 0.3) is 11.5 Å². The van der Waals surface area contributed by atoms with Crippen LogP contribution in [0.1, 0.15) is 66.7 Å². The van der Waals surface area contributed by atoms with Gasteiger partial charge in [0.05, 0.1) is 5.39 Å². The normalized spacial score (nSPS) is 23.6. The maximum Gasteiger partial charge on any atom is 0.262 e. The van der Waals surface area contributed by atoms with Gasteiger partial charge in [-0.1, -0.05) is 0 Å². The van der Waals surface area contributed by atoms with Crippen LogP contribution in [0.5, 0.6) is 0 Å². The molecule has 1 saturated carbocycles. The standard InChI is InChI=1S/C21H27N3O3S/c1-12-13(2)28-19-17(12)21(26)24(18(22-19)14-5-6-14)15-7-9-23(10-8-15)20(25)16-4-3-11-27-16/h14-16H,3-11H2,1-2H3/t16-/m0/s1. The lowest BCUT2D eigenvalue weighted by atomic mass is 10.0. The summed E-state index contributed by atoms with van der Waals surface area (Å²) in [6.45, 7) is 6.18. The first-order valence-electron chi connectivity index (χ1n) is 10.5. The van der Waals surface area contributed by atoms with Crippen LogP contribution in [0.4, 0.5) is 0 Å². The van der Waals surface area contributed by atoms with Crippen molar-refractivity contribution < 1.29 is 9.53 Å². The molecule has 3 aliphatic rings. The average Bonchev–Trinajstić information content (AvgIpc) is 3.31. The average molecular weight is 402 g/mol. The van der Waals surface area contributed by atoms with Gasteiger partial charge in [0, 0.05) is 36.5 Å². The number of piperidine rings is 1. The summed E-state index contributed by atoms with van der Waals surface area (Å²) in [5.41, 5.74) is 1.19. The van der Waals surface area contributed by atoms with Gasteiger partial charge in [-0.3, -0.25) is 14.2 Å². The van der Waals surface area contributed by atoms with E-state index in [1.165, 1.54) is 4.88 Å². The summed E-state index contributed by atoms with van der Waals surface area (Å²) in [6.07, 6.45) is 5.42. The van der Waals surface area contributed by atoms with Gasteiger partial charge in [-0.25, -0.2) is 4.98 Å². The Balaban J connectivity index is 1.44. The van der Waals surface area contributed by atoms with Crippen molar-refractivity contribution >= 4 is 27.5 Å². The van der Waals surface area contributed by atoms with Crippen molar-refractivity contribution in [1.82, 2.24) is 14.5 Å². The van der Waals surface area contributed by atoms with Gasteiger partial charge in [-0.05, 0) is 57.9 Å². The number of aryl methyl sites for hydroxylation is 2. The van der Waals surface area contributed by atoms with Crippen LogP contribution in [0.25, 0.3) is 10.2 Å². The monoisotopic (exact) mass is 401 g/mol. The largest absolute Gasteiger partial charge is 0.368 e. The van der Waals surface area contributed by atoms with E-state index in [1.54, 1.807) is 11.3 Å². The molecule has 3 fully saturated rings. The molecule has 0 aromatic carbocycles. The van der Waals surface area contributed by atoms with Crippen molar-refractivity contribution in [1.29, 1.82) is 0 Å². The highest BCUT2D eigenvalue weighted by atomic mass is 32.1. The summed E-state index contributed by atoms with van der Waals surface area (Å²) in [6, 6.07) is 0.133. The molecule has 1 aliphatic carbocycles. The van der Waals surface area contributed by atoms with Crippen LogP contribution in [0.2, 0.25) is 0 Å². The molecule has 28 heavy (non-hydrogen) atoms. The highest BCUT2D eigenvalue weighted by Crippen LogP contribution is 2.41. The first-order chi connectivity index (χ1) is 13.5. The minimum Gasteiger partial charge on any atom is -0.368 e. The molecule has 0 N–H and O–H groups in total. The number of nitrogens with zero attached hydrogens (tertiary/aromatic N) is 3. The molecule has 0 unspecified atom stereocenters. The Hall–Kier alpha value is -1.73. The van der Waals surface area contributed by atoms with Crippen molar-refractivity contribution in [2.24, 2.45) is 0 Å². The van der Waals surface area contributed by atoms with E-state index in [9.17, 15) is 9.59 Å². The molecular weight excluding hydrogens is 374 g/mol. The van der Waals surface area contributed by atoms with Crippen molar-refractivity contribution in [2.45, 2.75) is 70.4 Å². The fourth-order valence-corrected chi connectivity index (χ4v) is 5.65. The van der Waals surface area contributed by atoms with E-state index in [1.807, 2.05) is 16.4 Å². The summed E-state index contributed by atoms with van der Waals surface area (Å²) in [4.78, 5) is 35.1. The molecule has 2 saturated heterocycles. The summed E-state index contributed by atoms with van der Waals surface area (Å²) >= 11 is 1.63. The van der Waals surface area contributed by atoms with Crippen LogP contribution in [0.15, 0.2) is 4.79 Å². The van der Waals surface area contributed by atoms with E-state index in [2.05, 4.69) is 6.92 Å². The molecule has 6 nitrogen and oxygen atoms in total. The second-order valence-electron chi connectivity index (χ2n) is 8.44. The molecular formula is C21H27N3O3S. The van der Waals surface area contributed by atoms with Crippen LogP contribution in [-0.2, 0) is 9.53 Å². The molecule has 5 rings (SSSR count). The molecule has 4 heterocycles. The molecule has 2 aromatic heterocycles. The second kappa shape index (κ2) is 6.95. The van der Waals surface area contributed by atoms with Crippen molar-refractivity contribution in [2.75, 3.05) is 19.7 Å². The highest BCUT2D eigenvalue weighted by molar-refractivity contribution is 7.18. The molecule has 1 atom stereocenters. The molecule has 150 valence electrons. The maximum absolute atomic E-state index is 13.5. The van der Waals surface area contributed by atoms with E-state index < -0.39 is 0 Å². The topological polar surface area (TPSA) is 64.4 Å². The number of hydrogen-bond acceptors (Lipinski definition) is 5. The number of likely N-dealkylation sites (tertiary alicyclic amines) is 1. The Kier molecular flexibility index (Phi) is 4.55. The number of amides is 1. The van der Waals surface area contributed by atoms with Gasteiger partial charge in [0.2, 0.25) is 0 Å². The lowest BCUT2D eigenvalue weighted by Gasteiger charge is -2.34. The number of rotatable bonds is 3. The summed E-state index contributed by atoms with van der Waals surface area (Å²) in [5, 5.41) is 0.796. The first-order valence-corrected chi connectivity index (χ1v) is 11.3. The molecule has 0 spiro atoms. The molecule has 7 heteroatoms. The van der Waals surface area contributed by atoms with Gasteiger partial charge in [-0.15, -0.1) is 11.3 Å². The van der Waals surface area contributed by atoms with Gasteiger partial charge in [-0.2, -0.15) is 0 Å². The smallest absolute Gasteiger partial charge is 0.262 e. The maximum atomic E-state index is 13.5. The van der Waals surface area contributed by atoms with Crippen molar-refractivity contribution in [3.63, 3.8) is 0 Å². The fraction of sp³-hybridized carbons (Fsp3) is 0.667. The zero-order valence-corrected chi connectivity index (χ0v) is 17.4. The number of carbonyl (C=O) groups is 1. The molecule has 0 radical (unpaired) electrons. The predicted molar refractivity (Wildman–Crippen MR) is 109 cm³/mol. The Morgan fingerprint density at radius 3 is 2.54 bits per heavy atom. The Bertz CT molecular complexity index is 977. The minimum absolute atomic E-state index is 0.123. The van der Waals surface area contributed by atoms with Crippen molar-refractivity contribution in [3.8, 4) is 0 Å². The van der Waals surface area contributed by atoms with Crippen LogP contribution >= 0.6 is 11.3 Å². The van der Waals surface area contributed by atoms with E-state index in [0.29, 0.717) is 25.6 Å². The number of ether oxygens (including phenoxy) is 1. The van der Waals surface area contributed by atoms with Crippen LogP contribution < -0.4 is 5.56 Å². The predicted octanol–water partition coefficient (Wildman–Crippen LogP) is 3.29. The van der Waals surface area contributed by atoms with Gasteiger partial charge >= 0.3 is 0 Å². The molecule has 2 aromatic rings. The zero-order valence-electron chi connectivity index (χ0n) is 16.6. The van der Waals surface area contributed by atoms with Crippen LogP contribution in [-0.4, -0.2) is 46.2 Å². The number of carbonyl (C=O) groups excluding carboxylic acids is 1. The van der Waals surface area contributed by atoms with Gasteiger partial charge in [0.15, 0.2) is 0 Å². The third-order valence-electron chi connectivity index (χ3n) is 6.55. The molecule has 0 bridgehead atoms. The van der Waals surface area contributed by atoms with E-state index in [4.69, 9.17) is 9.72 Å². The van der Waals surface area contributed by atoms with Crippen molar-refractivity contribution in [3.05, 3.63) is 26.6 Å². The number of aromatic nitrogens is 2. The quantitative estimate of drug-likeness (QED) is 0.792. The number of fused-ring (bicyclic) bond motifs is 1. The van der Waals surface area contributed by atoms with E-state index in [-0.39, 0.29) is 23.6 Å². The lowest BCUT2D eigenvalue weighted by molar-refractivity contribution is -0.142. The lowest BCUT2D eigenvalue weighted by Crippen LogP contribution is -2.45. The van der Waals surface area contributed by atoms with Crippen LogP contribution in [0.3, 0.4) is 0 Å². The van der Waals surface area contributed by atoms with Gasteiger partial charge < -0.3 is 9.64 Å². The molecule has 1 amide bonds. The van der Waals surface area contributed by atoms with E-state index >= 15 is 0 Å². The number of thiophene rings is 1. The fourth-order valence-electron chi connectivity index (χ4n) is 4.62. The Morgan fingerprint density at radius 1 is 1.14 bits per heavy atom. The SMILES string of the molecule is Cc1sc2nc(C3CC3)n(C3CCN(C(=O)[C@@H]4CCCO4)CC3)c(=O)c2c1C. The summed E-state index contributed by atoms with van der Waals surface area (Å²) in [7, 11) is 0. The van der Waals surface area contributed by atoms with Crippen LogP contribution in [0, 0.1) is 13.8 Å². The third-order valence-corrected chi connectivity index (χ3v) is 7.65. The minimum atomic E-state index is -0.254. The Morgan fingerprint density at radius 2 is 1.89 bits per heavy atom. The highest BCUT2D eigenvalue weighted by Gasteiger charge is 2.35. The summed E-state index contributed by atoms with van der Waals surface area (Å²) < 4.78 is 7.56.